The summed E-state index contributed by atoms with van der Waals surface area (Å²) < 4.78 is 0. The van der Waals surface area contributed by atoms with Crippen molar-refractivity contribution < 1.29 is 0 Å². The Morgan fingerprint density at radius 2 is 0.822 bits per heavy atom. The van der Waals surface area contributed by atoms with Crippen molar-refractivity contribution in [2.24, 2.45) is 0 Å². The Labute approximate surface area is 264 Å². The van der Waals surface area contributed by atoms with Crippen molar-refractivity contribution >= 4 is 32.3 Å². The zero-order valence-corrected chi connectivity index (χ0v) is 25.5. The number of hydrogen-bond donors (Lipinski definition) is 0. The van der Waals surface area contributed by atoms with Crippen LogP contribution >= 0.6 is 0 Å². The SMILES string of the molecule is CC1(C)c2ccc(-c3cccc(-c4c5ccccc5c(-c5ccccc5)c5ccccc45)c3)cc2-c2cc3ccccc3cc21. The Morgan fingerprint density at radius 3 is 1.49 bits per heavy atom. The van der Waals surface area contributed by atoms with Gasteiger partial charge in [-0.25, -0.2) is 0 Å². The van der Waals surface area contributed by atoms with Gasteiger partial charge in [-0.3, -0.25) is 0 Å². The molecule has 1 aliphatic rings. The normalized spacial score (nSPS) is 13.3. The molecule has 0 heteroatoms. The van der Waals surface area contributed by atoms with Gasteiger partial charge in [-0.1, -0.05) is 147 Å². The van der Waals surface area contributed by atoms with E-state index >= 15 is 0 Å². The standard InChI is InChI=1S/C45H32/c1-45(2)41-24-23-33(27-39(41)40-26-31-15-6-7-16-32(31)28-42(40)45)30-17-12-18-34(25-30)44-37-21-10-8-19-35(37)43(29-13-4-3-5-14-29)36-20-9-11-22-38(36)44/h3-28H,1-2H3. The Hall–Kier alpha value is -5.46. The lowest BCUT2D eigenvalue weighted by atomic mass is 9.81. The Morgan fingerprint density at radius 1 is 0.333 bits per heavy atom. The highest BCUT2D eigenvalue weighted by Crippen LogP contribution is 2.51. The lowest BCUT2D eigenvalue weighted by molar-refractivity contribution is 0.661. The molecule has 0 nitrogen and oxygen atoms in total. The highest BCUT2D eigenvalue weighted by molar-refractivity contribution is 6.21. The molecule has 0 spiro atoms. The fourth-order valence-corrected chi connectivity index (χ4v) is 7.83. The first-order valence-corrected chi connectivity index (χ1v) is 15.9. The third kappa shape index (κ3) is 3.92. The summed E-state index contributed by atoms with van der Waals surface area (Å²) in [5.41, 5.74) is 13.1. The van der Waals surface area contributed by atoms with Crippen molar-refractivity contribution in [3.63, 3.8) is 0 Å². The van der Waals surface area contributed by atoms with Gasteiger partial charge in [0.2, 0.25) is 0 Å². The number of rotatable bonds is 3. The minimum absolute atomic E-state index is 0.0343. The maximum atomic E-state index is 2.42. The van der Waals surface area contributed by atoms with E-state index in [1.54, 1.807) is 0 Å². The van der Waals surface area contributed by atoms with E-state index in [0.29, 0.717) is 0 Å². The molecule has 0 aromatic heterocycles. The average Bonchev–Trinajstić information content (AvgIpc) is 3.31. The van der Waals surface area contributed by atoms with Gasteiger partial charge in [-0.05, 0) is 112 Å². The lowest BCUT2D eigenvalue weighted by Crippen LogP contribution is -2.14. The molecular formula is C45H32. The minimum atomic E-state index is -0.0343. The zero-order chi connectivity index (χ0) is 30.1. The van der Waals surface area contributed by atoms with E-state index in [1.807, 2.05) is 0 Å². The molecule has 212 valence electrons. The zero-order valence-electron chi connectivity index (χ0n) is 25.5. The Bertz CT molecular complexity index is 2390. The van der Waals surface area contributed by atoms with Crippen molar-refractivity contribution in [3.8, 4) is 44.5 Å². The molecule has 0 heterocycles. The maximum Gasteiger partial charge on any atom is 0.0159 e. The van der Waals surface area contributed by atoms with Gasteiger partial charge in [0.05, 0.1) is 0 Å². The summed E-state index contributed by atoms with van der Waals surface area (Å²) in [4.78, 5) is 0. The van der Waals surface area contributed by atoms with Gasteiger partial charge < -0.3 is 0 Å². The topological polar surface area (TPSA) is 0 Å². The van der Waals surface area contributed by atoms with Crippen molar-refractivity contribution in [1.29, 1.82) is 0 Å². The van der Waals surface area contributed by atoms with Crippen LogP contribution in [0.2, 0.25) is 0 Å². The van der Waals surface area contributed by atoms with Crippen molar-refractivity contribution in [1.82, 2.24) is 0 Å². The fourth-order valence-electron chi connectivity index (χ4n) is 7.83. The van der Waals surface area contributed by atoms with E-state index in [1.165, 1.54) is 88.0 Å². The molecule has 0 bridgehead atoms. The molecule has 8 aromatic carbocycles. The summed E-state index contributed by atoms with van der Waals surface area (Å²) >= 11 is 0. The predicted octanol–water partition coefficient (Wildman–Crippen LogP) is 12.5. The van der Waals surface area contributed by atoms with Gasteiger partial charge in [0, 0.05) is 5.41 Å². The van der Waals surface area contributed by atoms with E-state index < -0.39 is 0 Å². The molecule has 0 atom stereocenters. The third-order valence-corrected chi connectivity index (χ3v) is 10.0. The van der Waals surface area contributed by atoms with Crippen LogP contribution in [0.15, 0.2) is 158 Å². The van der Waals surface area contributed by atoms with Gasteiger partial charge in [0.15, 0.2) is 0 Å². The highest BCUT2D eigenvalue weighted by atomic mass is 14.4. The molecule has 8 aromatic rings. The van der Waals surface area contributed by atoms with Crippen LogP contribution in [0.1, 0.15) is 25.0 Å². The van der Waals surface area contributed by atoms with Crippen LogP contribution in [0.3, 0.4) is 0 Å². The van der Waals surface area contributed by atoms with E-state index in [2.05, 4.69) is 172 Å². The number of hydrogen-bond acceptors (Lipinski definition) is 0. The molecule has 0 fully saturated rings. The summed E-state index contributed by atoms with van der Waals surface area (Å²) in [7, 11) is 0. The first-order valence-electron chi connectivity index (χ1n) is 15.9. The van der Waals surface area contributed by atoms with E-state index in [-0.39, 0.29) is 5.41 Å². The molecule has 0 saturated heterocycles. The lowest BCUT2D eigenvalue weighted by Gasteiger charge is -2.22. The van der Waals surface area contributed by atoms with Gasteiger partial charge >= 0.3 is 0 Å². The van der Waals surface area contributed by atoms with E-state index in [9.17, 15) is 0 Å². The van der Waals surface area contributed by atoms with E-state index in [4.69, 9.17) is 0 Å². The number of benzene rings is 8. The van der Waals surface area contributed by atoms with Gasteiger partial charge in [0.1, 0.15) is 0 Å². The summed E-state index contributed by atoms with van der Waals surface area (Å²) in [6.45, 7) is 4.73. The van der Waals surface area contributed by atoms with Gasteiger partial charge in [0.25, 0.3) is 0 Å². The van der Waals surface area contributed by atoms with E-state index in [0.717, 1.165) is 0 Å². The molecular weight excluding hydrogens is 540 g/mol. The molecule has 0 radical (unpaired) electrons. The second-order valence-corrected chi connectivity index (χ2v) is 12.9. The van der Waals surface area contributed by atoms with Gasteiger partial charge in [-0.2, -0.15) is 0 Å². The molecule has 9 rings (SSSR count). The molecule has 45 heavy (non-hydrogen) atoms. The molecule has 1 aliphatic carbocycles. The van der Waals surface area contributed by atoms with Crippen LogP contribution in [0.4, 0.5) is 0 Å². The van der Waals surface area contributed by atoms with Crippen LogP contribution in [0.25, 0.3) is 76.8 Å². The largest absolute Gasteiger partial charge is 0.0622 e. The summed E-state index contributed by atoms with van der Waals surface area (Å²) in [5.74, 6) is 0. The quantitative estimate of drug-likeness (QED) is 0.185. The van der Waals surface area contributed by atoms with Crippen LogP contribution in [-0.2, 0) is 5.41 Å². The second-order valence-electron chi connectivity index (χ2n) is 12.9. The second kappa shape index (κ2) is 9.78. The number of fused-ring (bicyclic) bond motifs is 6. The van der Waals surface area contributed by atoms with Gasteiger partial charge in [-0.15, -0.1) is 0 Å². The fraction of sp³-hybridized carbons (Fsp3) is 0.0667. The third-order valence-electron chi connectivity index (χ3n) is 10.0. The molecule has 0 saturated carbocycles. The Balaban J connectivity index is 1.24. The Kier molecular flexibility index (Phi) is 5.64. The van der Waals surface area contributed by atoms with Crippen LogP contribution in [0.5, 0.6) is 0 Å². The summed E-state index contributed by atoms with van der Waals surface area (Å²) in [5, 5.41) is 7.73. The smallest absolute Gasteiger partial charge is 0.0159 e. The average molecular weight is 573 g/mol. The monoisotopic (exact) mass is 572 g/mol. The highest BCUT2D eigenvalue weighted by Gasteiger charge is 2.35. The minimum Gasteiger partial charge on any atom is -0.0622 e. The van der Waals surface area contributed by atoms with Crippen LogP contribution < -0.4 is 0 Å². The first-order chi connectivity index (χ1) is 22.1. The summed E-state index contributed by atoms with van der Waals surface area (Å²) in [6, 6.07) is 58.4. The maximum absolute atomic E-state index is 2.42. The van der Waals surface area contributed by atoms with Crippen LogP contribution in [0, 0.1) is 0 Å². The molecule has 0 aliphatic heterocycles. The van der Waals surface area contributed by atoms with Crippen molar-refractivity contribution in [3.05, 3.63) is 169 Å². The molecule has 0 amide bonds. The first kappa shape index (κ1) is 26.0. The van der Waals surface area contributed by atoms with Crippen molar-refractivity contribution in [2.75, 3.05) is 0 Å². The summed E-state index contributed by atoms with van der Waals surface area (Å²) in [6.07, 6.45) is 0. The van der Waals surface area contributed by atoms with Crippen molar-refractivity contribution in [2.45, 2.75) is 19.3 Å². The van der Waals surface area contributed by atoms with Crippen LogP contribution in [-0.4, -0.2) is 0 Å². The molecule has 0 unspecified atom stereocenters. The molecule has 0 N–H and O–H groups in total. The predicted molar refractivity (Wildman–Crippen MR) is 193 cm³/mol.